The normalized spacial score (nSPS) is 23.4. The number of nitrogens with zero attached hydrogens (tertiary/aromatic N) is 3. The summed E-state index contributed by atoms with van der Waals surface area (Å²) >= 11 is 1.99. The molecule has 0 bridgehead atoms. The van der Waals surface area contributed by atoms with Crippen LogP contribution in [0.3, 0.4) is 0 Å². The van der Waals surface area contributed by atoms with Crippen LogP contribution in [-0.2, 0) is 0 Å². The molecule has 106 valence electrons. The maximum Gasteiger partial charge on any atom is 0.242 e. The fraction of sp³-hybridized carbons (Fsp3) is 0.692. The van der Waals surface area contributed by atoms with Crippen molar-refractivity contribution in [3.8, 4) is 5.88 Å². The molecule has 0 amide bonds. The zero-order valence-corrected chi connectivity index (χ0v) is 12.6. The van der Waals surface area contributed by atoms with E-state index in [0.717, 1.165) is 24.5 Å². The summed E-state index contributed by atoms with van der Waals surface area (Å²) in [6.45, 7) is 8.11. The average Bonchev–Trinajstić information content (AvgIpc) is 2.41. The highest BCUT2D eigenvalue weighted by Gasteiger charge is 2.28. The van der Waals surface area contributed by atoms with E-state index in [-0.39, 0.29) is 0 Å². The van der Waals surface area contributed by atoms with Crippen molar-refractivity contribution in [2.24, 2.45) is 0 Å². The Kier molecular flexibility index (Phi) is 4.74. The highest BCUT2D eigenvalue weighted by Crippen LogP contribution is 2.34. The van der Waals surface area contributed by atoms with Crippen molar-refractivity contribution in [3.63, 3.8) is 0 Å². The van der Waals surface area contributed by atoms with Gasteiger partial charge in [0.2, 0.25) is 5.88 Å². The lowest BCUT2D eigenvalue weighted by molar-refractivity contribution is 0.306. The third-order valence-electron chi connectivity index (χ3n) is 3.43. The number of ether oxygens (including phenoxy) is 1. The van der Waals surface area contributed by atoms with Gasteiger partial charge in [-0.25, -0.2) is 4.98 Å². The van der Waals surface area contributed by atoms with E-state index in [1.165, 1.54) is 6.33 Å². The van der Waals surface area contributed by atoms with Crippen LogP contribution in [0.1, 0.15) is 27.2 Å². The summed E-state index contributed by atoms with van der Waals surface area (Å²) < 4.78 is 5.57. The van der Waals surface area contributed by atoms with Gasteiger partial charge in [-0.05, 0) is 13.3 Å². The van der Waals surface area contributed by atoms with Gasteiger partial charge in [-0.3, -0.25) is 0 Å². The lowest BCUT2D eigenvalue weighted by Gasteiger charge is -2.38. The van der Waals surface area contributed by atoms with E-state index in [2.05, 4.69) is 35.6 Å². The number of anilines is 2. The lowest BCUT2D eigenvalue weighted by Crippen LogP contribution is -2.45. The first kappa shape index (κ1) is 14.2. The van der Waals surface area contributed by atoms with Crippen LogP contribution in [0.25, 0.3) is 0 Å². The van der Waals surface area contributed by atoms with E-state index in [9.17, 15) is 0 Å². The van der Waals surface area contributed by atoms with Crippen molar-refractivity contribution in [2.75, 3.05) is 29.5 Å². The molecule has 2 N–H and O–H groups in total. The van der Waals surface area contributed by atoms with Crippen molar-refractivity contribution >= 4 is 23.3 Å². The molecule has 0 aromatic carbocycles. The molecule has 0 saturated carbocycles. The molecule has 0 radical (unpaired) electrons. The summed E-state index contributed by atoms with van der Waals surface area (Å²) in [5.41, 5.74) is 6.72. The van der Waals surface area contributed by atoms with Crippen LogP contribution in [0.2, 0.25) is 0 Å². The first-order chi connectivity index (χ1) is 9.15. The van der Waals surface area contributed by atoms with Crippen molar-refractivity contribution in [1.82, 2.24) is 9.97 Å². The average molecular weight is 282 g/mol. The third-order valence-corrected chi connectivity index (χ3v) is 4.76. The third kappa shape index (κ3) is 3.05. The molecule has 1 aromatic rings. The Morgan fingerprint density at radius 3 is 3.00 bits per heavy atom. The zero-order chi connectivity index (χ0) is 13.8. The summed E-state index contributed by atoms with van der Waals surface area (Å²) in [5, 5.41) is 0.572. The fourth-order valence-electron chi connectivity index (χ4n) is 2.15. The van der Waals surface area contributed by atoms with Crippen LogP contribution < -0.4 is 15.4 Å². The molecule has 1 aliphatic rings. The predicted octanol–water partition coefficient (Wildman–Crippen LogP) is 2.18. The topological polar surface area (TPSA) is 64.3 Å². The van der Waals surface area contributed by atoms with Gasteiger partial charge < -0.3 is 15.4 Å². The highest BCUT2D eigenvalue weighted by atomic mass is 32.2. The lowest BCUT2D eigenvalue weighted by atomic mass is 10.2. The Morgan fingerprint density at radius 1 is 1.47 bits per heavy atom. The minimum Gasteiger partial charge on any atom is -0.476 e. The van der Waals surface area contributed by atoms with Gasteiger partial charge in [-0.15, -0.1) is 0 Å². The molecule has 1 saturated heterocycles. The highest BCUT2D eigenvalue weighted by molar-refractivity contribution is 8.00. The van der Waals surface area contributed by atoms with E-state index < -0.39 is 0 Å². The summed E-state index contributed by atoms with van der Waals surface area (Å²) in [6.07, 6.45) is 2.47. The van der Waals surface area contributed by atoms with Crippen molar-refractivity contribution in [2.45, 2.75) is 38.5 Å². The minimum absolute atomic E-state index is 0.412. The van der Waals surface area contributed by atoms with Gasteiger partial charge in [0.1, 0.15) is 12.0 Å². The van der Waals surface area contributed by atoms with E-state index in [1.54, 1.807) is 0 Å². The van der Waals surface area contributed by atoms with E-state index in [1.807, 2.05) is 11.8 Å². The molecule has 6 heteroatoms. The van der Waals surface area contributed by atoms with Gasteiger partial charge in [0.15, 0.2) is 5.82 Å². The zero-order valence-electron chi connectivity index (χ0n) is 11.8. The molecule has 2 heterocycles. The van der Waals surface area contributed by atoms with Gasteiger partial charge in [0, 0.05) is 23.6 Å². The van der Waals surface area contributed by atoms with Gasteiger partial charge in [-0.2, -0.15) is 16.7 Å². The van der Waals surface area contributed by atoms with Crippen LogP contribution in [0.5, 0.6) is 5.88 Å². The first-order valence-corrected chi connectivity index (χ1v) is 7.81. The predicted molar refractivity (Wildman–Crippen MR) is 81.0 cm³/mol. The standard InChI is InChI=1S/C13H22N4OS/c1-4-6-18-13-11(14)12(15-8-16-13)17-5-7-19-10(3)9(17)2/h8-10H,4-7,14H2,1-3H3. The molecule has 2 rings (SSSR count). The fourth-order valence-corrected chi connectivity index (χ4v) is 3.24. The quantitative estimate of drug-likeness (QED) is 0.913. The summed E-state index contributed by atoms with van der Waals surface area (Å²) in [6, 6.07) is 0.412. The van der Waals surface area contributed by atoms with Crippen LogP contribution in [0, 0.1) is 0 Å². The molecule has 19 heavy (non-hydrogen) atoms. The Labute approximate surface area is 118 Å². The second-order valence-electron chi connectivity index (χ2n) is 4.77. The number of hydrogen-bond donors (Lipinski definition) is 1. The van der Waals surface area contributed by atoms with Crippen LogP contribution in [-0.4, -0.2) is 40.2 Å². The summed E-state index contributed by atoms with van der Waals surface area (Å²) in [5.74, 6) is 2.41. The Bertz CT molecular complexity index is 429. The van der Waals surface area contributed by atoms with E-state index >= 15 is 0 Å². The smallest absolute Gasteiger partial charge is 0.242 e. The summed E-state index contributed by atoms with van der Waals surface area (Å²) in [4.78, 5) is 10.7. The number of hydrogen-bond acceptors (Lipinski definition) is 6. The van der Waals surface area contributed by atoms with Crippen molar-refractivity contribution < 1.29 is 4.74 Å². The number of nitrogen functional groups attached to an aromatic ring is 1. The molecule has 2 unspecified atom stereocenters. The molecular weight excluding hydrogens is 260 g/mol. The second kappa shape index (κ2) is 6.32. The second-order valence-corrected chi connectivity index (χ2v) is 6.26. The van der Waals surface area contributed by atoms with Gasteiger partial charge in [0.25, 0.3) is 0 Å². The van der Waals surface area contributed by atoms with Gasteiger partial charge in [-0.1, -0.05) is 13.8 Å². The molecule has 0 aliphatic carbocycles. The Morgan fingerprint density at radius 2 is 2.26 bits per heavy atom. The molecule has 0 spiro atoms. The summed E-state index contributed by atoms with van der Waals surface area (Å²) in [7, 11) is 0. The number of aromatic nitrogens is 2. The molecule has 2 atom stereocenters. The SMILES string of the molecule is CCCOc1ncnc(N2CCSC(C)C2C)c1N. The molecular formula is C13H22N4OS. The van der Waals surface area contributed by atoms with E-state index in [0.29, 0.717) is 29.5 Å². The minimum atomic E-state index is 0.412. The van der Waals surface area contributed by atoms with Crippen LogP contribution >= 0.6 is 11.8 Å². The van der Waals surface area contributed by atoms with Gasteiger partial charge >= 0.3 is 0 Å². The molecule has 1 aliphatic heterocycles. The number of nitrogens with two attached hydrogens (primary N) is 1. The van der Waals surface area contributed by atoms with Crippen LogP contribution in [0.4, 0.5) is 11.5 Å². The Hall–Kier alpha value is -1.17. The van der Waals surface area contributed by atoms with E-state index in [4.69, 9.17) is 10.5 Å². The number of thioether (sulfide) groups is 1. The molecule has 5 nitrogen and oxygen atoms in total. The van der Waals surface area contributed by atoms with Gasteiger partial charge in [0.05, 0.1) is 6.61 Å². The van der Waals surface area contributed by atoms with Crippen molar-refractivity contribution in [3.05, 3.63) is 6.33 Å². The maximum atomic E-state index is 6.16. The number of rotatable bonds is 4. The first-order valence-electron chi connectivity index (χ1n) is 6.76. The Balaban J connectivity index is 2.24. The molecule has 1 fully saturated rings. The molecule has 1 aromatic heterocycles. The largest absolute Gasteiger partial charge is 0.476 e. The monoisotopic (exact) mass is 282 g/mol. The van der Waals surface area contributed by atoms with Crippen LogP contribution in [0.15, 0.2) is 6.33 Å². The maximum absolute atomic E-state index is 6.16. The van der Waals surface area contributed by atoms with Crippen molar-refractivity contribution in [1.29, 1.82) is 0 Å².